The molecule has 1 amide bonds. The van der Waals surface area contributed by atoms with Crippen LogP contribution in [-0.4, -0.2) is 35.5 Å². The molecule has 1 aliphatic rings. The largest absolute Gasteiger partial charge is 0.456 e. The number of halogens is 2. The molecule has 0 radical (unpaired) electrons. The first kappa shape index (κ1) is 19.0. The number of amides is 1. The summed E-state index contributed by atoms with van der Waals surface area (Å²) in [6.07, 6.45) is 2.76. The normalized spacial score (nSPS) is 16.5. The summed E-state index contributed by atoms with van der Waals surface area (Å²) in [6.45, 7) is 1.00. The molecular formula is C22H18F2N2O3. The van der Waals surface area contributed by atoms with Crippen LogP contribution in [-0.2, 0) is 4.74 Å². The number of ether oxygens (including phenoxy) is 2. The second kappa shape index (κ2) is 8.36. The number of rotatable bonds is 4. The second-order valence-electron chi connectivity index (χ2n) is 6.60. The summed E-state index contributed by atoms with van der Waals surface area (Å²) in [5.41, 5.74) is 1.01. The highest BCUT2D eigenvalue weighted by molar-refractivity contribution is 5.94. The zero-order valence-electron chi connectivity index (χ0n) is 15.4. The molecule has 2 aromatic carbocycles. The van der Waals surface area contributed by atoms with Crippen molar-refractivity contribution in [2.45, 2.75) is 6.10 Å². The molecule has 4 rings (SSSR count). The molecule has 0 N–H and O–H groups in total. The van der Waals surface area contributed by atoms with Crippen molar-refractivity contribution in [2.75, 3.05) is 19.7 Å². The van der Waals surface area contributed by atoms with Crippen molar-refractivity contribution < 1.29 is 23.0 Å². The van der Waals surface area contributed by atoms with Gasteiger partial charge in [-0.3, -0.25) is 9.78 Å². The highest BCUT2D eigenvalue weighted by Gasteiger charge is 2.26. The second-order valence-corrected chi connectivity index (χ2v) is 6.60. The first-order valence-electron chi connectivity index (χ1n) is 9.14. The third-order valence-corrected chi connectivity index (χ3v) is 4.64. The van der Waals surface area contributed by atoms with Crippen LogP contribution in [0.2, 0.25) is 0 Å². The summed E-state index contributed by atoms with van der Waals surface area (Å²) in [4.78, 5) is 18.5. The average Bonchev–Trinajstić information content (AvgIpc) is 2.76. The van der Waals surface area contributed by atoms with Crippen molar-refractivity contribution >= 4 is 5.91 Å². The average molecular weight is 396 g/mol. The molecule has 5 nitrogen and oxygen atoms in total. The Labute approximate surface area is 166 Å². The van der Waals surface area contributed by atoms with E-state index < -0.39 is 17.7 Å². The molecule has 29 heavy (non-hydrogen) atoms. The van der Waals surface area contributed by atoms with Gasteiger partial charge in [-0.25, -0.2) is 8.78 Å². The number of pyridine rings is 1. The van der Waals surface area contributed by atoms with Crippen molar-refractivity contribution in [2.24, 2.45) is 0 Å². The molecule has 0 bridgehead atoms. The Bertz CT molecular complexity index is 997. The predicted molar refractivity (Wildman–Crippen MR) is 102 cm³/mol. The van der Waals surface area contributed by atoms with Crippen LogP contribution >= 0.6 is 0 Å². The smallest absolute Gasteiger partial charge is 0.254 e. The standard InChI is InChI=1S/C22H18F2N2O3/c23-19-8-5-16(12-20(19)24)21-14-26(10-11-28-21)22(27)15-3-6-17(7-4-15)29-18-2-1-9-25-13-18/h1-9,12-13,21H,10-11,14H2. The van der Waals surface area contributed by atoms with E-state index in [0.29, 0.717) is 35.8 Å². The van der Waals surface area contributed by atoms with Gasteiger partial charge >= 0.3 is 0 Å². The molecule has 1 saturated heterocycles. The van der Waals surface area contributed by atoms with E-state index in [1.165, 1.54) is 6.07 Å². The molecule has 148 valence electrons. The van der Waals surface area contributed by atoms with Crippen LogP contribution in [0.4, 0.5) is 8.78 Å². The van der Waals surface area contributed by atoms with Gasteiger partial charge in [-0.2, -0.15) is 0 Å². The number of morpholine rings is 1. The van der Waals surface area contributed by atoms with Gasteiger partial charge in [0.2, 0.25) is 0 Å². The molecule has 2 heterocycles. The number of carbonyl (C=O) groups is 1. The number of carbonyl (C=O) groups excluding carboxylic acids is 1. The Morgan fingerprint density at radius 1 is 1.07 bits per heavy atom. The van der Waals surface area contributed by atoms with E-state index in [9.17, 15) is 13.6 Å². The van der Waals surface area contributed by atoms with Crippen molar-refractivity contribution in [1.82, 2.24) is 9.88 Å². The van der Waals surface area contributed by atoms with E-state index in [1.807, 2.05) is 0 Å². The lowest BCUT2D eigenvalue weighted by atomic mass is 10.1. The Balaban J connectivity index is 1.43. The summed E-state index contributed by atoms with van der Waals surface area (Å²) in [7, 11) is 0. The van der Waals surface area contributed by atoms with Gasteiger partial charge in [0.05, 0.1) is 19.3 Å². The maximum Gasteiger partial charge on any atom is 0.254 e. The van der Waals surface area contributed by atoms with E-state index in [0.717, 1.165) is 12.1 Å². The van der Waals surface area contributed by atoms with Gasteiger partial charge in [0.1, 0.15) is 17.6 Å². The van der Waals surface area contributed by atoms with Crippen LogP contribution in [0.5, 0.6) is 11.5 Å². The topological polar surface area (TPSA) is 51.7 Å². The summed E-state index contributed by atoms with van der Waals surface area (Å²) >= 11 is 0. The molecule has 1 unspecified atom stereocenters. The third-order valence-electron chi connectivity index (χ3n) is 4.64. The maximum absolute atomic E-state index is 13.5. The van der Waals surface area contributed by atoms with Crippen LogP contribution in [0.25, 0.3) is 0 Å². The quantitative estimate of drug-likeness (QED) is 0.657. The van der Waals surface area contributed by atoms with Crippen molar-refractivity contribution in [1.29, 1.82) is 0 Å². The van der Waals surface area contributed by atoms with Crippen molar-refractivity contribution in [3.63, 3.8) is 0 Å². The van der Waals surface area contributed by atoms with Gasteiger partial charge < -0.3 is 14.4 Å². The number of benzene rings is 2. The van der Waals surface area contributed by atoms with Gasteiger partial charge in [-0.15, -0.1) is 0 Å². The molecule has 1 aromatic heterocycles. The summed E-state index contributed by atoms with van der Waals surface area (Å²) in [6, 6.07) is 14.0. The fourth-order valence-electron chi connectivity index (χ4n) is 3.14. The third kappa shape index (κ3) is 4.41. The molecule has 0 saturated carbocycles. The molecule has 0 spiro atoms. The van der Waals surface area contributed by atoms with E-state index in [2.05, 4.69) is 4.98 Å². The Morgan fingerprint density at radius 2 is 1.90 bits per heavy atom. The Hall–Kier alpha value is -3.32. The minimum Gasteiger partial charge on any atom is -0.456 e. The monoisotopic (exact) mass is 396 g/mol. The van der Waals surface area contributed by atoms with E-state index in [1.54, 1.807) is 53.7 Å². The highest BCUT2D eigenvalue weighted by atomic mass is 19.2. The maximum atomic E-state index is 13.5. The van der Waals surface area contributed by atoms with Crippen molar-refractivity contribution in [3.8, 4) is 11.5 Å². The van der Waals surface area contributed by atoms with Gasteiger partial charge in [0.15, 0.2) is 11.6 Å². The van der Waals surface area contributed by atoms with E-state index >= 15 is 0 Å². The minimum absolute atomic E-state index is 0.159. The Kier molecular flexibility index (Phi) is 5.48. The first-order valence-corrected chi connectivity index (χ1v) is 9.14. The van der Waals surface area contributed by atoms with Gasteiger partial charge in [0, 0.05) is 18.3 Å². The summed E-state index contributed by atoms with van der Waals surface area (Å²) in [5.74, 6) is -0.802. The van der Waals surface area contributed by atoms with Gasteiger partial charge in [-0.1, -0.05) is 6.07 Å². The molecule has 0 aliphatic carbocycles. The highest BCUT2D eigenvalue weighted by Crippen LogP contribution is 2.26. The number of hydrogen-bond donors (Lipinski definition) is 0. The molecule has 1 aliphatic heterocycles. The molecule has 1 atom stereocenters. The number of nitrogens with zero attached hydrogens (tertiary/aromatic N) is 2. The fraction of sp³-hybridized carbons (Fsp3) is 0.182. The lowest BCUT2D eigenvalue weighted by Crippen LogP contribution is -2.42. The minimum atomic E-state index is -0.932. The molecule has 7 heteroatoms. The number of aromatic nitrogens is 1. The van der Waals surface area contributed by atoms with Crippen LogP contribution < -0.4 is 4.74 Å². The fourth-order valence-corrected chi connectivity index (χ4v) is 3.14. The Morgan fingerprint density at radius 3 is 2.62 bits per heavy atom. The predicted octanol–water partition coefficient (Wildman–Crippen LogP) is 4.37. The molecule has 1 fully saturated rings. The van der Waals surface area contributed by atoms with Crippen LogP contribution in [0.15, 0.2) is 67.0 Å². The van der Waals surface area contributed by atoms with Crippen LogP contribution in [0, 0.1) is 11.6 Å². The lowest BCUT2D eigenvalue weighted by molar-refractivity contribution is -0.0229. The van der Waals surface area contributed by atoms with Crippen LogP contribution in [0.1, 0.15) is 22.0 Å². The molecule has 3 aromatic rings. The zero-order valence-corrected chi connectivity index (χ0v) is 15.4. The van der Waals surface area contributed by atoms with E-state index in [-0.39, 0.29) is 12.5 Å². The van der Waals surface area contributed by atoms with Crippen LogP contribution in [0.3, 0.4) is 0 Å². The van der Waals surface area contributed by atoms with E-state index in [4.69, 9.17) is 9.47 Å². The van der Waals surface area contributed by atoms with Gasteiger partial charge in [0.25, 0.3) is 5.91 Å². The molecular weight excluding hydrogens is 378 g/mol. The van der Waals surface area contributed by atoms with Crippen molar-refractivity contribution in [3.05, 3.63) is 89.8 Å². The lowest BCUT2D eigenvalue weighted by Gasteiger charge is -2.33. The first-order chi connectivity index (χ1) is 14.1. The summed E-state index contributed by atoms with van der Waals surface area (Å²) < 4.78 is 38.0. The number of hydrogen-bond acceptors (Lipinski definition) is 4. The summed E-state index contributed by atoms with van der Waals surface area (Å²) in [5, 5.41) is 0. The van der Waals surface area contributed by atoms with Gasteiger partial charge in [-0.05, 0) is 54.1 Å². The zero-order chi connectivity index (χ0) is 20.2. The SMILES string of the molecule is O=C(c1ccc(Oc2cccnc2)cc1)N1CCOC(c2ccc(F)c(F)c2)C1.